The molecule has 0 radical (unpaired) electrons. The molecule has 1 aromatic carbocycles. The molecule has 0 bridgehead atoms. The Kier molecular flexibility index (Phi) is 10.0. The average molecular weight is 413 g/mol. The molecule has 0 fully saturated rings. The van der Waals surface area contributed by atoms with Crippen LogP contribution in [0.2, 0.25) is 0 Å². The Labute approximate surface area is 141 Å². The Morgan fingerprint density at radius 2 is 2.00 bits per heavy atom. The lowest BCUT2D eigenvalue weighted by Crippen LogP contribution is -2.41. The number of halogens is 3. The first-order valence-electron chi connectivity index (χ1n) is 6.65. The molecule has 2 N–H and O–H groups in total. The van der Waals surface area contributed by atoms with Gasteiger partial charge in [0.25, 0.3) is 0 Å². The minimum atomic E-state index is -0.916. The fraction of sp³-hybridized carbons (Fsp3) is 0.500. The van der Waals surface area contributed by atoms with E-state index in [-0.39, 0.29) is 30.0 Å². The quantitative estimate of drug-likeness (QED) is 0.326. The summed E-state index contributed by atoms with van der Waals surface area (Å²) in [6, 6.07) is 3.73. The van der Waals surface area contributed by atoms with E-state index in [1.54, 1.807) is 0 Å². The van der Waals surface area contributed by atoms with Crippen LogP contribution in [0.4, 0.5) is 8.78 Å². The van der Waals surface area contributed by atoms with Crippen molar-refractivity contribution >= 4 is 29.9 Å². The second-order valence-electron chi connectivity index (χ2n) is 4.48. The maximum Gasteiger partial charge on any atom is 0.191 e. The molecule has 7 heteroatoms. The summed E-state index contributed by atoms with van der Waals surface area (Å²) < 4.78 is 31.0. The number of aliphatic imine (C=N–C) groups is 1. The molecule has 0 unspecified atom stereocenters. The van der Waals surface area contributed by atoms with Crippen LogP contribution in [0.5, 0.6) is 5.75 Å². The molecule has 0 saturated heterocycles. The fourth-order valence-corrected chi connectivity index (χ4v) is 1.48. The Hall–Kier alpha value is -1.12. The number of nitrogens with zero attached hydrogens (tertiary/aromatic N) is 1. The zero-order valence-electron chi connectivity index (χ0n) is 12.5. The van der Waals surface area contributed by atoms with Gasteiger partial charge < -0.3 is 15.4 Å². The summed E-state index contributed by atoms with van der Waals surface area (Å²) in [5, 5.41) is 6.27. The topological polar surface area (TPSA) is 45.7 Å². The predicted molar refractivity (Wildman–Crippen MR) is 91.5 cm³/mol. The van der Waals surface area contributed by atoms with Crippen molar-refractivity contribution in [1.29, 1.82) is 0 Å². The van der Waals surface area contributed by atoms with Crippen LogP contribution >= 0.6 is 24.0 Å². The van der Waals surface area contributed by atoms with Crippen LogP contribution in [0.25, 0.3) is 0 Å². The summed E-state index contributed by atoms with van der Waals surface area (Å²) >= 11 is 0. The van der Waals surface area contributed by atoms with Crippen molar-refractivity contribution in [3.05, 3.63) is 29.8 Å². The van der Waals surface area contributed by atoms with Crippen molar-refractivity contribution in [2.45, 2.75) is 26.8 Å². The van der Waals surface area contributed by atoms with Gasteiger partial charge in [-0.15, -0.1) is 24.0 Å². The number of ether oxygens (including phenoxy) is 1. The summed E-state index contributed by atoms with van der Waals surface area (Å²) in [7, 11) is 0. The Morgan fingerprint density at radius 3 is 2.57 bits per heavy atom. The van der Waals surface area contributed by atoms with Crippen LogP contribution in [0.15, 0.2) is 23.2 Å². The highest BCUT2D eigenvalue weighted by atomic mass is 127. The van der Waals surface area contributed by atoms with Crippen LogP contribution in [0.1, 0.15) is 20.8 Å². The summed E-state index contributed by atoms with van der Waals surface area (Å²) in [6.45, 7) is 7.49. The lowest BCUT2D eigenvalue weighted by molar-refractivity contribution is 0.325. The van der Waals surface area contributed by atoms with Gasteiger partial charge in [0, 0.05) is 18.7 Å². The highest BCUT2D eigenvalue weighted by Crippen LogP contribution is 2.15. The van der Waals surface area contributed by atoms with E-state index in [0.29, 0.717) is 24.9 Å². The van der Waals surface area contributed by atoms with Crippen molar-refractivity contribution < 1.29 is 13.5 Å². The molecule has 0 amide bonds. The van der Waals surface area contributed by atoms with Crippen LogP contribution in [-0.4, -0.2) is 31.7 Å². The molecule has 120 valence electrons. The van der Waals surface area contributed by atoms with Crippen molar-refractivity contribution in [3.63, 3.8) is 0 Å². The smallest absolute Gasteiger partial charge is 0.191 e. The Bertz CT molecular complexity index is 456. The summed E-state index contributed by atoms with van der Waals surface area (Å²) in [6.07, 6.45) is 0. The number of rotatable bonds is 6. The predicted octanol–water partition coefficient (Wildman–Crippen LogP) is 2.93. The molecule has 0 aliphatic heterocycles. The van der Waals surface area contributed by atoms with Gasteiger partial charge in [-0.25, -0.2) is 13.8 Å². The van der Waals surface area contributed by atoms with Crippen molar-refractivity contribution in [2.24, 2.45) is 4.99 Å². The minimum absolute atomic E-state index is 0. The highest BCUT2D eigenvalue weighted by Gasteiger charge is 2.03. The van der Waals surface area contributed by atoms with Gasteiger partial charge in [-0.1, -0.05) is 0 Å². The van der Waals surface area contributed by atoms with Crippen LogP contribution < -0.4 is 15.4 Å². The molecule has 21 heavy (non-hydrogen) atoms. The second-order valence-corrected chi connectivity index (χ2v) is 4.48. The van der Waals surface area contributed by atoms with E-state index >= 15 is 0 Å². The molecule has 0 aliphatic carbocycles. The molecule has 1 aromatic rings. The first-order chi connectivity index (χ1) is 9.52. The molecule has 0 heterocycles. The van der Waals surface area contributed by atoms with E-state index in [0.717, 1.165) is 18.7 Å². The molecular formula is C14H22F2IN3O. The van der Waals surface area contributed by atoms with Gasteiger partial charge >= 0.3 is 0 Å². The number of hydrogen-bond acceptors (Lipinski definition) is 2. The largest absolute Gasteiger partial charge is 0.492 e. The normalized spacial score (nSPS) is 11.0. The van der Waals surface area contributed by atoms with E-state index in [1.165, 1.54) is 6.07 Å². The van der Waals surface area contributed by atoms with Crippen LogP contribution in [0.3, 0.4) is 0 Å². The lowest BCUT2D eigenvalue weighted by atomic mass is 10.3. The van der Waals surface area contributed by atoms with E-state index < -0.39 is 11.6 Å². The van der Waals surface area contributed by atoms with Gasteiger partial charge in [-0.05, 0) is 32.9 Å². The summed E-state index contributed by atoms with van der Waals surface area (Å²) in [5.74, 6) is -0.802. The third-order valence-electron chi connectivity index (χ3n) is 2.29. The SMILES string of the molecule is CCNC(=NCCOc1ccc(F)c(F)c1)NC(C)C.I. The first-order valence-corrected chi connectivity index (χ1v) is 6.65. The van der Waals surface area contributed by atoms with Gasteiger partial charge in [0.15, 0.2) is 17.6 Å². The molecule has 0 aromatic heterocycles. The molecule has 0 spiro atoms. The maximum atomic E-state index is 13.0. The van der Waals surface area contributed by atoms with Gasteiger partial charge in [0.2, 0.25) is 0 Å². The molecule has 4 nitrogen and oxygen atoms in total. The molecule has 1 rings (SSSR count). The number of nitrogens with one attached hydrogen (secondary N) is 2. The zero-order valence-corrected chi connectivity index (χ0v) is 14.8. The zero-order chi connectivity index (χ0) is 15.0. The van der Waals surface area contributed by atoms with E-state index in [4.69, 9.17) is 4.74 Å². The van der Waals surface area contributed by atoms with Crippen LogP contribution in [-0.2, 0) is 0 Å². The van der Waals surface area contributed by atoms with Crippen molar-refractivity contribution in [1.82, 2.24) is 10.6 Å². The van der Waals surface area contributed by atoms with Crippen LogP contribution in [0, 0.1) is 11.6 Å². The third kappa shape index (κ3) is 8.03. The van der Waals surface area contributed by atoms with Gasteiger partial charge in [0.05, 0.1) is 6.54 Å². The van der Waals surface area contributed by atoms with E-state index in [9.17, 15) is 8.78 Å². The summed E-state index contributed by atoms with van der Waals surface area (Å²) in [4.78, 5) is 4.31. The summed E-state index contributed by atoms with van der Waals surface area (Å²) in [5.41, 5.74) is 0. The van der Waals surface area contributed by atoms with E-state index in [1.807, 2.05) is 20.8 Å². The second kappa shape index (κ2) is 10.6. The lowest BCUT2D eigenvalue weighted by Gasteiger charge is -2.14. The standard InChI is InChI=1S/C14H21F2N3O.HI/c1-4-17-14(19-10(2)3)18-7-8-20-11-5-6-12(15)13(16)9-11;/h5-6,9-10H,4,7-8H2,1-3H3,(H2,17,18,19);1H. The Morgan fingerprint density at radius 1 is 1.29 bits per heavy atom. The Balaban J connectivity index is 0.00000400. The van der Waals surface area contributed by atoms with E-state index in [2.05, 4.69) is 15.6 Å². The first kappa shape index (κ1) is 19.9. The van der Waals surface area contributed by atoms with Gasteiger partial charge in [-0.3, -0.25) is 0 Å². The third-order valence-corrected chi connectivity index (χ3v) is 2.29. The molecule has 0 atom stereocenters. The number of hydrogen-bond donors (Lipinski definition) is 2. The van der Waals surface area contributed by atoms with Crippen molar-refractivity contribution in [3.8, 4) is 5.75 Å². The molecular weight excluding hydrogens is 391 g/mol. The van der Waals surface area contributed by atoms with Gasteiger partial charge in [-0.2, -0.15) is 0 Å². The maximum absolute atomic E-state index is 13.0. The molecule has 0 saturated carbocycles. The minimum Gasteiger partial charge on any atom is -0.492 e. The monoisotopic (exact) mass is 413 g/mol. The number of guanidine groups is 1. The average Bonchev–Trinajstić information content (AvgIpc) is 2.38. The van der Waals surface area contributed by atoms with Crippen molar-refractivity contribution in [2.75, 3.05) is 19.7 Å². The number of benzene rings is 1. The highest BCUT2D eigenvalue weighted by molar-refractivity contribution is 14.0. The molecule has 0 aliphatic rings. The fourth-order valence-electron chi connectivity index (χ4n) is 1.48. The van der Waals surface area contributed by atoms with Gasteiger partial charge in [0.1, 0.15) is 12.4 Å².